The van der Waals surface area contributed by atoms with Gasteiger partial charge in [0, 0.05) is 48.7 Å². The van der Waals surface area contributed by atoms with Gasteiger partial charge in [-0.1, -0.05) is 41.9 Å². The molecule has 2 aliphatic heterocycles. The van der Waals surface area contributed by atoms with Gasteiger partial charge in [-0.25, -0.2) is 14.2 Å². The van der Waals surface area contributed by atoms with Crippen molar-refractivity contribution in [1.82, 2.24) is 20.1 Å². The van der Waals surface area contributed by atoms with E-state index in [-0.39, 0.29) is 18.5 Å². The third-order valence-electron chi connectivity index (χ3n) is 6.49. The summed E-state index contributed by atoms with van der Waals surface area (Å²) in [6.45, 7) is 9.39. The molecule has 2 aromatic rings. The summed E-state index contributed by atoms with van der Waals surface area (Å²) in [7, 11) is 0. The van der Waals surface area contributed by atoms with Gasteiger partial charge in [-0.15, -0.1) is 0 Å². The van der Waals surface area contributed by atoms with E-state index in [2.05, 4.69) is 15.3 Å². The Morgan fingerprint density at radius 3 is 2.47 bits per heavy atom. The van der Waals surface area contributed by atoms with Gasteiger partial charge in [0.15, 0.2) is 0 Å². The van der Waals surface area contributed by atoms with Crippen LogP contribution in [0, 0.1) is 5.82 Å². The number of morpholine rings is 1. The van der Waals surface area contributed by atoms with Gasteiger partial charge in [-0.3, -0.25) is 9.69 Å². The molecular formula is C28H35ClFN5O3. The Kier molecular flexibility index (Phi) is 9.02. The highest BCUT2D eigenvalue weighted by molar-refractivity contribution is 6.30. The lowest BCUT2D eigenvalue weighted by Crippen LogP contribution is -2.53. The maximum Gasteiger partial charge on any atom is 0.318 e. The first-order chi connectivity index (χ1) is 18.1. The SMILES string of the molecule is CC(C)(C)NC(=O)N(CCN1CCOCC1)CC(=O)N1N=C(c2ccccc2F)CC1c1ccc(Cl)cc1. The van der Waals surface area contributed by atoms with Crippen LogP contribution in [-0.2, 0) is 9.53 Å². The molecule has 1 atom stereocenters. The molecule has 0 aromatic heterocycles. The van der Waals surface area contributed by atoms with E-state index in [1.807, 2.05) is 32.9 Å². The first-order valence-electron chi connectivity index (χ1n) is 12.9. The van der Waals surface area contributed by atoms with Crippen LogP contribution >= 0.6 is 11.6 Å². The minimum absolute atomic E-state index is 0.162. The molecule has 0 saturated carbocycles. The smallest absolute Gasteiger partial charge is 0.318 e. The number of ether oxygens (including phenoxy) is 1. The van der Waals surface area contributed by atoms with Gasteiger partial charge in [-0.05, 0) is 44.5 Å². The first-order valence-corrected chi connectivity index (χ1v) is 13.3. The van der Waals surface area contributed by atoms with Crippen molar-refractivity contribution in [3.05, 3.63) is 70.5 Å². The second kappa shape index (κ2) is 12.2. The molecule has 2 heterocycles. The molecule has 1 N–H and O–H groups in total. The van der Waals surface area contributed by atoms with Crippen molar-refractivity contribution in [3.8, 4) is 0 Å². The van der Waals surface area contributed by atoms with Crippen molar-refractivity contribution in [2.45, 2.75) is 38.8 Å². The molecule has 0 radical (unpaired) electrons. The number of hydrogen-bond acceptors (Lipinski definition) is 5. The van der Waals surface area contributed by atoms with E-state index in [4.69, 9.17) is 16.3 Å². The number of carbonyl (C=O) groups excluding carboxylic acids is 2. The molecule has 10 heteroatoms. The fourth-order valence-corrected chi connectivity index (χ4v) is 4.64. The summed E-state index contributed by atoms with van der Waals surface area (Å²) in [6, 6.07) is 12.8. The number of hydrazone groups is 1. The molecular weight excluding hydrogens is 509 g/mol. The van der Waals surface area contributed by atoms with Crippen molar-refractivity contribution >= 4 is 29.3 Å². The van der Waals surface area contributed by atoms with E-state index in [1.54, 1.807) is 30.3 Å². The number of nitrogens with zero attached hydrogens (tertiary/aromatic N) is 4. The predicted molar refractivity (Wildman–Crippen MR) is 146 cm³/mol. The number of halogens is 2. The normalized spacial score (nSPS) is 18.3. The Labute approximate surface area is 228 Å². The van der Waals surface area contributed by atoms with Gasteiger partial charge < -0.3 is 15.0 Å². The van der Waals surface area contributed by atoms with Crippen LogP contribution in [0.5, 0.6) is 0 Å². The quantitative estimate of drug-likeness (QED) is 0.565. The topological polar surface area (TPSA) is 77.5 Å². The Morgan fingerprint density at radius 2 is 1.82 bits per heavy atom. The van der Waals surface area contributed by atoms with E-state index in [0.717, 1.165) is 18.7 Å². The number of urea groups is 1. The van der Waals surface area contributed by atoms with Crippen molar-refractivity contribution in [1.29, 1.82) is 0 Å². The summed E-state index contributed by atoms with van der Waals surface area (Å²) in [5.74, 6) is -0.741. The molecule has 8 nitrogen and oxygen atoms in total. The minimum atomic E-state index is -0.465. The number of rotatable bonds is 7. The van der Waals surface area contributed by atoms with Crippen molar-refractivity contribution in [3.63, 3.8) is 0 Å². The Bertz CT molecular complexity index is 1160. The molecule has 38 heavy (non-hydrogen) atoms. The standard InChI is InChI=1S/C28H35ClFN5O3/c1-28(2,3)31-27(37)34(13-12-33-14-16-38-17-15-33)19-26(36)35-25(20-8-10-21(29)11-9-20)18-24(32-35)22-6-4-5-7-23(22)30/h4-11,25H,12-19H2,1-3H3,(H,31,37). The molecule has 2 aliphatic rings. The van der Waals surface area contributed by atoms with E-state index in [0.29, 0.717) is 49.0 Å². The maximum atomic E-state index is 14.6. The lowest BCUT2D eigenvalue weighted by molar-refractivity contribution is -0.133. The summed E-state index contributed by atoms with van der Waals surface area (Å²) >= 11 is 6.10. The van der Waals surface area contributed by atoms with Gasteiger partial charge >= 0.3 is 6.03 Å². The third kappa shape index (κ3) is 7.30. The summed E-state index contributed by atoms with van der Waals surface area (Å²) < 4.78 is 20.0. The molecule has 1 saturated heterocycles. The molecule has 2 aromatic carbocycles. The first kappa shape index (κ1) is 28.0. The number of amides is 3. The molecule has 204 valence electrons. The van der Waals surface area contributed by atoms with Gasteiger partial charge in [-0.2, -0.15) is 5.10 Å². The Hall–Kier alpha value is -3.01. The molecule has 4 rings (SSSR count). The van der Waals surface area contributed by atoms with E-state index in [9.17, 15) is 14.0 Å². The largest absolute Gasteiger partial charge is 0.379 e. The lowest BCUT2D eigenvalue weighted by Gasteiger charge is -2.32. The zero-order valence-electron chi connectivity index (χ0n) is 22.1. The fourth-order valence-electron chi connectivity index (χ4n) is 4.52. The molecule has 1 fully saturated rings. The van der Waals surface area contributed by atoms with E-state index < -0.39 is 17.4 Å². The van der Waals surface area contributed by atoms with Crippen molar-refractivity contribution in [2.75, 3.05) is 45.9 Å². The minimum Gasteiger partial charge on any atom is -0.379 e. The van der Waals surface area contributed by atoms with Crippen LogP contribution in [0.1, 0.15) is 44.4 Å². The molecule has 0 bridgehead atoms. The zero-order valence-corrected chi connectivity index (χ0v) is 22.9. The van der Waals surface area contributed by atoms with Crippen LogP contribution in [0.4, 0.5) is 9.18 Å². The fraction of sp³-hybridized carbons (Fsp3) is 0.464. The predicted octanol–water partition coefficient (Wildman–Crippen LogP) is 4.30. The van der Waals surface area contributed by atoms with Gasteiger partial charge in [0.2, 0.25) is 0 Å². The average molecular weight is 544 g/mol. The molecule has 0 spiro atoms. The van der Waals surface area contributed by atoms with Crippen LogP contribution in [0.25, 0.3) is 0 Å². The molecule has 1 unspecified atom stereocenters. The van der Waals surface area contributed by atoms with Crippen LogP contribution in [-0.4, -0.2) is 83.9 Å². The highest BCUT2D eigenvalue weighted by Gasteiger charge is 2.35. The maximum absolute atomic E-state index is 14.6. The summed E-state index contributed by atoms with van der Waals surface area (Å²) in [5, 5.41) is 9.51. The third-order valence-corrected chi connectivity index (χ3v) is 6.74. The average Bonchev–Trinajstić information content (AvgIpc) is 3.32. The highest BCUT2D eigenvalue weighted by Crippen LogP contribution is 2.34. The van der Waals surface area contributed by atoms with E-state index in [1.165, 1.54) is 16.0 Å². The lowest BCUT2D eigenvalue weighted by atomic mass is 9.98. The Balaban J connectivity index is 1.58. The number of carbonyl (C=O) groups is 2. The highest BCUT2D eigenvalue weighted by atomic mass is 35.5. The van der Waals surface area contributed by atoms with Crippen LogP contribution in [0.3, 0.4) is 0 Å². The summed E-state index contributed by atoms with van der Waals surface area (Å²) in [4.78, 5) is 30.7. The van der Waals surface area contributed by atoms with Gasteiger partial charge in [0.25, 0.3) is 5.91 Å². The summed E-state index contributed by atoms with van der Waals surface area (Å²) in [6.07, 6.45) is 0.344. The zero-order chi connectivity index (χ0) is 27.3. The number of hydrogen-bond donors (Lipinski definition) is 1. The second-order valence-electron chi connectivity index (χ2n) is 10.6. The van der Waals surface area contributed by atoms with Crippen molar-refractivity contribution < 1.29 is 18.7 Å². The van der Waals surface area contributed by atoms with E-state index >= 15 is 0 Å². The van der Waals surface area contributed by atoms with Crippen LogP contribution in [0.15, 0.2) is 53.6 Å². The van der Waals surface area contributed by atoms with Gasteiger partial charge in [0.05, 0.1) is 25.0 Å². The van der Waals surface area contributed by atoms with Crippen LogP contribution in [0.2, 0.25) is 5.02 Å². The monoisotopic (exact) mass is 543 g/mol. The molecule has 3 amide bonds. The second-order valence-corrected chi connectivity index (χ2v) is 11.0. The van der Waals surface area contributed by atoms with Crippen LogP contribution < -0.4 is 5.32 Å². The Morgan fingerprint density at radius 1 is 1.13 bits per heavy atom. The number of benzene rings is 2. The van der Waals surface area contributed by atoms with Gasteiger partial charge in [0.1, 0.15) is 12.4 Å². The number of nitrogens with one attached hydrogen (secondary N) is 1. The molecule has 0 aliphatic carbocycles. The van der Waals surface area contributed by atoms with Crippen molar-refractivity contribution in [2.24, 2.45) is 5.10 Å². The summed E-state index contributed by atoms with van der Waals surface area (Å²) in [5.41, 5.74) is 1.20.